The lowest BCUT2D eigenvalue weighted by Crippen LogP contribution is -2.14. The summed E-state index contributed by atoms with van der Waals surface area (Å²) < 4.78 is 2.69. The Labute approximate surface area is 98.2 Å². The molecule has 0 bridgehead atoms. The van der Waals surface area contributed by atoms with Gasteiger partial charge in [-0.3, -0.25) is 0 Å². The summed E-state index contributed by atoms with van der Waals surface area (Å²) in [5.74, 6) is 0. The number of allylic oxidation sites excluding steroid dienone is 1. The van der Waals surface area contributed by atoms with E-state index in [-0.39, 0.29) is 0 Å². The number of hydrogen-bond acceptors (Lipinski definition) is 0. The molecule has 0 N–H and O–H groups in total. The van der Waals surface area contributed by atoms with Crippen molar-refractivity contribution in [2.24, 2.45) is 0 Å². The Morgan fingerprint density at radius 1 is 1.25 bits per heavy atom. The van der Waals surface area contributed by atoms with Crippen LogP contribution in [0.5, 0.6) is 0 Å². The monoisotopic (exact) mass is 215 g/mol. The molecule has 2 aliphatic heterocycles. The highest BCUT2D eigenvalue weighted by Crippen LogP contribution is 2.42. The zero-order valence-electron chi connectivity index (χ0n) is 10.4. The van der Waals surface area contributed by atoms with Gasteiger partial charge in [0, 0.05) is 17.4 Å². The van der Waals surface area contributed by atoms with Crippen LogP contribution in [-0.2, 0) is 19.3 Å². The first-order chi connectivity index (χ1) is 7.86. The van der Waals surface area contributed by atoms with Crippen molar-refractivity contribution in [3.63, 3.8) is 0 Å². The Morgan fingerprint density at radius 2 is 2.12 bits per heavy atom. The maximum atomic E-state index is 2.69. The van der Waals surface area contributed by atoms with E-state index in [1.165, 1.54) is 38.5 Å². The molecule has 0 unspecified atom stereocenters. The summed E-state index contributed by atoms with van der Waals surface area (Å²) in [4.78, 5) is 0. The van der Waals surface area contributed by atoms with E-state index in [9.17, 15) is 0 Å². The Balaban J connectivity index is 2.22. The molecule has 0 fully saturated rings. The van der Waals surface area contributed by atoms with E-state index >= 15 is 0 Å². The summed E-state index contributed by atoms with van der Waals surface area (Å²) in [6.07, 6.45) is 12.5. The predicted octanol–water partition coefficient (Wildman–Crippen LogP) is 3.91. The van der Waals surface area contributed by atoms with Gasteiger partial charge >= 0.3 is 0 Å². The van der Waals surface area contributed by atoms with Gasteiger partial charge in [-0.05, 0) is 56.6 Å². The quantitative estimate of drug-likeness (QED) is 0.705. The van der Waals surface area contributed by atoms with Crippen molar-refractivity contribution in [1.82, 2.24) is 4.57 Å². The minimum Gasteiger partial charge on any atom is -0.345 e. The number of rotatable bonds is 2. The first kappa shape index (κ1) is 10.2. The van der Waals surface area contributed by atoms with Crippen molar-refractivity contribution in [2.45, 2.75) is 58.4 Å². The van der Waals surface area contributed by atoms with Crippen LogP contribution < -0.4 is 0 Å². The third kappa shape index (κ3) is 1.24. The Morgan fingerprint density at radius 3 is 2.88 bits per heavy atom. The van der Waals surface area contributed by atoms with Crippen LogP contribution in [0.1, 0.15) is 61.7 Å². The molecule has 0 saturated heterocycles. The van der Waals surface area contributed by atoms with Gasteiger partial charge in [0.05, 0.1) is 0 Å². The molecule has 0 spiro atoms. The molecule has 1 nitrogen and oxygen atoms in total. The van der Waals surface area contributed by atoms with Crippen molar-refractivity contribution in [3.05, 3.63) is 28.6 Å². The minimum absolute atomic E-state index is 0.836. The van der Waals surface area contributed by atoms with E-state index < -0.39 is 0 Å². The van der Waals surface area contributed by atoms with Crippen LogP contribution in [0.3, 0.4) is 0 Å². The van der Waals surface area contributed by atoms with Crippen LogP contribution in [0, 0.1) is 0 Å². The van der Waals surface area contributed by atoms with Gasteiger partial charge in [0.25, 0.3) is 0 Å². The maximum Gasteiger partial charge on any atom is 0.0340 e. The molecule has 1 heteroatoms. The van der Waals surface area contributed by atoms with E-state index in [0.29, 0.717) is 0 Å². The fourth-order valence-corrected chi connectivity index (χ4v) is 3.70. The fraction of sp³-hybridized carbons (Fsp3) is 0.600. The van der Waals surface area contributed by atoms with Crippen molar-refractivity contribution in [1.29, 1.82) is 0 Å². The average Bonchev–Trinajstić information content (AvgIpc) is 2.85. The molecule has 0 saturated carbocycles. The van der Waals surface area contributed by atoms with E-state index in [1.54, 1.807) is 22.5 Å². The second kappa shape index (κ2) is 3.80. The smallest absolute Gasteiger partial charge is 0.0340 e. The summed E-state index contributed by atoms with van der Waals surface area (Å²) >= 11 is 0. The number of nitrogens with zero attached hydrogens (tertiary/aromatic N) is 1. The van der Waals surface area contributed by atoms with Crippen molar-refractivity contribution >= 4 is 6.08 Å². The maximum absolute atomic E-state index is 2.69. The lowest BCUT2D eigenvalue weighted by atomic mass is 9.95. The lowest BCUT2D eigenvalue weighted by molar-refractivity contribution is 0.419. The molecule has 0 radical (unpaired) electrons. The largest absolute Gasteiger partial charge is 0.345 e. The van der Waals surface area contributed by atoms with Crippen molar-refractivity contribution < 1.29 is 0 Å². The van der Waals surface area contributed by atoms with Gasteiger partial charge in [0.15, 0.2) is 0 Å². The van der Waals surface area contributed by atoms with E-state index in [1.807, 2.05) is 0 Å². The summed E-state index contributed by atoms with van der Waals surface area (Å²) in [5.41, 5.74) is 6.50. The molecule has 1 atom stereocenters. The Bertz CT molecular complexity index is 433. The van der Waals surface area contributed by atoms with Crippen LogP contribution in [0.15, 0.2) is 6.08 Å². The topological polar surface area (TPSA) is 4.93 Å². The van der Waals surface area contributed by atoms with E-state index in [2.05, 4.69) is 30.6 Å². The fourth-order valence-electron chi connectivity index (χ4n) is 3.70. The van der Waals surface area contributed by atoms with Crippen LogP contribution in [0.4, 0.5) is 0 Å². The number of hydrogen-bond donors (Lipinski definition) is 0. The molecule has 0 amide bonds. The molecular formula is C15H21N. The number of aromatic nitrogens is 1. The van der Waals surface area contributed by atoms with Crippen molar-refractivity contribution in [2.75, 3.05) is 0 Å². The van der Waals surface area contributed by atoms with Crippen LogP contribution in [0.25, 0.3) is 6.08 Å². The summed E-state index contributed by atoms with van der Waals surface area (Å²) in [5, 5.41) is 0. The minimum atomic E-state index is 0.836. The van der Waals surface area contributed by atoms with Gasteiger partial charge in [0.1, 0.15) is 0 Å². The van der Waals surface area contributed by atoms with Gasteiger partial charge in [-0.15, -0.1) is 0 Å². The predicted molar refractivity (Wildman–Crippen MR) is 68.8 cm³/mol. The van der Waals surface area contributed by atoms with Crippen molar-refractivity contribution in [3.8, 4) is 0 Å². The highest BCUT2D eigenvalue weighted by Gasteiger charge is 2.32. The molecular weight excluding hydrogens is 194 g/mol. The molecule has 3 rings (SSSR count). The highest BCUT2D eigenvalue weighted by atomic mass is 15.1. The Kier molecular flexibility index (Phi) is 2.42. The zero-order chi connectivity index (χ0) is 11.1. The molecule has 86 valence electrons. The first-order valence-corrected chi connectivity index (χ1v) is 6.74. The molecule has 0 aromatic carbocycles. The van der Waals surface area contributed by atoms with Gasteiger partial charge in [-0.25, -0.2) is 0 Å². The average molecular weight is 215 g/mol. The molecule has 3 heterocycles. The second-order valence-electron chi connectivity index (χ2n) is 5.09. The second-order valence-corrected chi connectivity index (χ2v) is 5.09. The van der Waals surface area contributed by atoms with Crippen LogP contribution in [0.2, 0.25) is 0 Å². The Hall–Kier alpha value is -0.980. The molecule has 16 heavy (non-hydrogen) atoms. The van der Waals surface area contributed by atoms with Gasteiger partial charge in [0.2, 0.25) is 0 Å². The summed E-state index contributed by atoms with van der Waals surface area (Å²) in [7, 11) is 0. The van der Waals surface area contributed by atoms with Crippen LogP contribution in [-0.4, -0.2) is 4.57 Å². The van der Waals surface area contributed by atoms with Gasteiger partial charge in [-0.1, -0.05) is 19.1 Å². The molecule has 2 aliphatic rings. The zero-order valence-corrected chi connectivity index (χ0v) is 10.4. The van der Waals surface area contributed by atoms with E-state index in [4.69, 9.17) is 0 Å². The summed E-state index contributed by atoms with van der Waals surface area (Å²) in [6, 6.07) is 0.836. The normalized spacial score (nSPS) is 23.0. The highest BCUT2D eigenvalue weighted by molar-refractivity contribution is 5.60. The third-order valence-corrected chi connectivity index (χ3v) is 4.28. The van der Waals surface area contributed by atoms with E-state index in [0.717, 1.165) is 6.04 Å². The molecule has 1 aromatic rings. The summed E-state index contributed by atoms with van der Waals surface area (Å²) in [6.45, 7) is 4.44. The first-order valence-electron chi connectivity index (χ1n) is 6.74. The third-order valence-electron chi connectivity index (χ3n) is 4.28. The van der Waals surface area contributed by atoms with Crippen LogP contribution >= 0.6 is 0 Å². The standard InChI is InChI=1S/C15H21N/c1-3-6-13-12(4-2)14-8-5-7-11-9-10-15(13)16(11)14/h3,6,11H,4-5,7-10H2,1-2H3/b6-3-/t11-/m1/s1. The van der Waals surface area contributed by atoms with Gasteiger partial charge < -0.3 is 4.57 Å². The van der Waals surface area contributed by atoms with Gasteiger partial charge in [-0.2, -0.15) is 0 Å². The molecule has 1 aromatic heterocycles. The lowest BCUT2D eigenvalue weighted by Gasteiger charge is -2.23. The molecule has 0 aliphatic carbocycles. The SMILES string of the molecule is C/C=C\c1c(CC)c2n3c1CC[C@H]3CCC2.